The monoisotopic (exact) mass is 520 g/mol. The summed E-state index contributed by atoms with van der Waals surface area (Å²) >= 11 is 6.17. The van der Waals surface area contributed by atoms with E-state index in [4.69, 9.17) is 27.5 Å². The number of fused-ring (bicyclic) bond motifs is 1. The number of nitrogens with two attached hydrogens (primary N) is 1. The van der Waals surface area contributed by atoms with Gasteiger partial charge in [-0.15, -0.1) is 17.2 Å². The van der Waals surface area contributed by atoms with Gasteiger partial charge in [0.05, 0.1) is 9.92 Å². The van der Waals surface area contributed by atoms with Crippen molar-refractivity contribution < 1.29 is 17.9 Å². The fourth-order valence-electron chi connectivity index (χ4n) is 2.77. The van der Waals surface area contributed by atoms with Crippen LogP contribution in [0, 0.1) is 10.8 Å². The molecule has 33 heavy (non-hydrogen) atoms. The molecule has 0 radical (unpaired) electrons. The van der Waals surface area contributed by atoms with Crippen molar-refractivity contribution in [1.29, 1.82) is 5.41 Å². The average Bonchev–Trinajstić information content (AvgIpc) is 2.61. The Labute approximate surface area is 204 Å². The fraction of sp³-hybridized carbons (Fsp3) is 0.450. The maximum Gasteiger partial charge on any atom is 0.325 e. The molecule has 1 atom stereocenters. The number of guanidine groups is 1. The number of rotatable bonds is 6. The Balaban J connectivity index is 0.00000544. The Morgan fingerprint density at radius 3 is 2.30 bits per heavy atom. The number of halogens is 2. The first kappa shape index (κ1) is 28.9. The number of hydrazine groups is 1. The Morgan fingerprint density at radius 2 is 1.79 bits per heavy atom. The predicted octanol–water partition coefficient (Wildman–Crippen LogP) is 3.15. The number of esters is 1. The van der Waals surface area contributed by atoms with Gasteiger partial charge < -0.3 is 15.8 Å². The molecule has 0 bridgehead atoms. The molecule has 0 aliphatic heterocycles. The highest BCUT2D eigenvalue weighted by Crippen LogP contribution is 2.30. The highest BCUT2D eigenvalue weighted by atomic mass is 35.5. The van der Waals surface area contributed by atoms with Crippen molar-refractivity contribution in [2.45, 2.75) is 58.1 Å². The lowest BCUT2D eigenvalue weighted by Crippen LogP contribution is -2.55. The maximum absolute atomic E-state index is 13.0. The summed E-state index contributed by atoms with van der Waals surface area (Å²) in [5.41, 5.74) is 6.61. The quantitative estimate of drug-likeness (QED) is 0.168. The van der Waals surface area contributed by atoms with Crippen LogP contribution >= 0.6 is 24.0 Å². The van der Waals surface area contributed by atoms with Gasteiger partial charge in [-0.05, 0) is 38.3 Å². The van der Waals surface area contributed by atoms with Gasteiger partial charge in [-0.3, -0.25) is 10.2 Å². The van der Waals surface area contributed by atoms with Crippen LogP contribution in [-0.2, 0) is 19.6 Å². The SMILES string of the molecule is CC(C)(C)OC(=O)[C@H](NNS(=O)(=O)c1ccc2c(Cl)cnc(NC(=N)N)c2c1)C(C)(C)C.Cl. The first-order valence-electron chi connectivity index (χ1n) is 9.71. The lowest BCUT2D eigenvalue weighted by Gasteiger charge is -2.32. The van der Waals surface area contributed by atoms with E-state index in [2.05, 4.69) is 20.6 Å². The van der Waals surface area contributed by atoms with Gasteiger partial charge in [0.25, 0.3) is 10.0 Å². The number of hydrogen-bond acceptors (Lipinski definition) is 7. The Hall–Kier alpha value is -2.18. The molecule has 0 amide bonds. The number of sulfonamides is 1. The summed E-state index contributed by atoms with van der Waals surface area (Å²) in [6.07, 6.45) is 1.37. The Kier molecular flexibility index (Phi) is 9.09. The van der Waals surface area contributed by atoms with Crippen molar-refractivity contribution in [1.82, 2.24) is 15.2 Å². The van der Waals surface area contributed by atoms with E-state index in [1.165, 1.54) is 24.4 Å². The number of hydrogen-bond donors (Lipinski definition) is 5. The van der Waals surface area contributed by atoms with Crippen LogP contribution in [-0.4, -0.2) is 37.0 Å². The minimum Gasteiger partial charge on any atom is -0.459 e. The van der Waals surface area contributed by atoms with E-state index in [9.17, 15) is 13.2 Å². The largest absolute Gasteiger partial charge is 0.459 e. The summed E-state index contributed by atoms with van der Waals surface area (Å²) in [4.78, 5) is 18.9. The number of carbonyl (C=O) groups is 1. The molecule has 2 aromatic rings. The average molecular weight is 521 g/mol. The third kappa shape index (κ3) is 7.68. The maximum atomic E-state index is 13.0. The molecule has 1 heterocycles. The highest BCUT2D eigenvalue weighted by molar-refractivity contribution is 7.89. The van der Waals surface area contributed by atoms with Gasteiger partial charge in [0, 0.05) is 17.0 Å². The van der Waals surface area contributed by atoms with Crippen LogP contribution in [0.25, 0.3) is 10.8 Å². The first-order valence-corrected chi connectivity index (χ1v) is 11.6. The zero-order chi connectivity index (χ0) is 24.5. The van der Waals surface area contributed by atoms with Gasteiger partial charge in [0.15, 0.2) is 5.96 Å². The van der Waals surface area contributed by atoms with Crippen LogP contribution in [0.1, 0.15) is 41.5 Å². The van der Waals surface area contributed by atoms with E-state index in [1.54, 1.807) is 41.5 Å². The molecule has 2 rings (SSSR count). The third-order valence-electron chi connectivity index (χ3n) is 4.22. The van der Waals surface area contributed by atoms with Crippen molar-refractivity contribution in [2.24, 2.45) is 11.1 Å². The van der Waals surface area contributed by atoms with Crippen molar-refractivity contribution in [3.63, 3.8) is 0 Å². The number of pyridine rings is 1. The van der Waals surface area contributed by atoms with Crippen LogP contribution in [0.3, 0.4) is 0 Å². The van der Waals surface area contributed by atoms with E-state index < -0.39 is 33.1 Å². The van der Waals surface area contributed by atoms with Crippen molar-refractivity contribution in [3.8, 4) is 0 Å². The summed E-state index contributed by atoms with van der Waals surface area (Å²) in [5.74, 6) is -0.766. The van der Waals surface area contributed by atoms with Crippen LogP contribution in [0.5, 0.6) is 0 Å². The molecular weight excluding hydrogens is 491 g/mol. The minimum absolute atomic E-state index is 0. The molecule has 0 fully saturated rings. The molecule has 13 heteroatoms. The summed E-state index contributed by atoms with van der Waals surface area (Å²) in [7, 11) is -4.09. The van der Waals surface area contributed by atoms with Gasteiger partial charge in [-0.25, -0.2) is 18.8 Å². The normalized spacial score (nSPS) is 13.2. The van der Waals surface area contributed by atoms with Crippen molar-refractivity contribution >= 4 is 62.6 Å². The molecule has 0 saturated carbocycles. The second-order valence-corrected chi connectivity index (χ2v) is 11.4. The molecule has 0 saturated heterocycles. The summed E-state index contributed by atoms with van der Waals surface area (Å²) in [6.45, 7) is 10.5. The minimum atomic E-state index is -4.09. The molecule has 10 nitrogen and oxygen atoms in total. The van der Waals surface area contributed by atoms with E-state index in [0.717, 1.165) is 0 Å². The van der Waals surface area contributed by atoms with Gasteiger partial charge in [0.1, 0.15) is 17.5 Å². The van der Waals surface area contributed by atoms with E-state index in [0.29, 0.717) is 15.8 Å². The summed E-state index contributed by atoms with van der Waals surface area (Å²) in [5, 5.41) is 11.2. The number of carbonyl (C=O) groups excluding carboxylic acids is 1. The van der Waals surface area contributed by atoms with Gasteiger partial charge in [-0.1, -0.05) is 38.4 Å². The topological polar surface area (TPSA) is 159 Å². The van der Waals surface area contributed by atoms with Crippen molar-refractivity contribution in [2.75, 3.05) is 5.32 Å². The number of nitrogens with one attached hydrogen (secondary N) is 4. The van der Waals surface area contributed by atoms with E-state index >= 15 is 0 Å². The molecule has 6 N–H and O–H groups in total. The zero-order valence-corrected chi connectivity index (χ0v) is 21.6. The van der Waals surface area contributed by atoms with Crippen LogP contribution < -0.4 is 21.3 Å². The highest BCUT2D eigenvalue weighted by Gasteiger charge is 2.35. The second kappa shape index (κ2) is 10.4. The first-order chi connectivity index (χ1) is 14.5. The van der Waals surface area contributed by atoms with Gasteiger partial charge in [0.2, 0.25) is 0 Å². The van der Waals surface area contributed by atoms with Crippen LogP contribution in [0.15, 0.2) is 29.3 Å². The number of nitrogens with zero attached hydrogens (tertiary/aromatic N) is 1. The zero-order valence-electron chi connectivity index (χ0n) is 19.2. The second-order valence-electron chi connectivity index (χ2n) is 9.28. The molecule has 0 unspecified atom stereocenters. The molecule has 1 aromatic heterocycles. The number of ether oxygens (including phenoxy) is 1. The standard InChI is InChI=1S/C20H29ClN6O4S.ClH/c1-19(2,3)15(17(28)31-20(4,5)6)26-27-32(29,30)11-7-8-12-13(9-11)16(25-18(22)23)24-10-14(12)21;/h7-10,15,26-27H,1-6H3,(H4,22,23,24,25);1H/t15-;/m0./s1. The molecule has 1 aromatic carbocycles. The lowest BCUT2D eigenvalue weighted by atomic mass is 9.87. The number of aromatic nitrogens is 1. The molecule has 184 valence electrons. The van der Waals surface area contributed by atoms with Crippen LogP contribution in [0.2, 0.25) is 5.02 Å². The Bertz CT molecular complexity index is 1140. The van der Waals surface area contributed by atoms with E-state index in [1.807, 2.05) is 0 Å². The molecular formula is C20H30Cl2N6O4S. The summed E-state index contributed by atoms with van der Waals surface area (Å²) in [6, 6.07) is 3.29. The molecule has 0 aliphatic carbocycles. The summed E-state index contributed by atoms with van der Waals surface area (Å²) < 4.78 is 31.4. The van der Waals surface area contributed by atoms with Crippen LogP contribution in [0.4, 0.5) is 5.82 Å². The van der Waals surface area contributed by atoms with Gasteiger partial charge >= 0.3 is 5.97 Å². The molecule has 0 spiro atoms. The predicted molar refractivity (Wildman–Crippen MR) is 132 cm³/mol. The third-order valence-corrected chi connectivity index (χ3v) is 5.78. The van der Waals surface area contributed by atoms with E-state index in [-0.39, 0.29) is 29.1 Å². The number of benzene rings is 1. The number of anilines is 1. The Morgan fingerprint density at radius 1 is 1.18 bits per heavy atom. The fourth-order valence-corrected chi connectivity index (χ4v) is 3.89. The lowest BCUT2D eigenvalue weighted by molar-refractivity contribution is -0.160. The van der Waals surface area contributed by atoms with Crippen molar-refractivity contribution in [3.05, 3.63) is 29.4 Å². The van der Waals surface area contributed by atoms with Gasteiger partial charge in [-0.2, -0.15) is 0 Å². The molecule has 0 aliphatic rings. The smallest absolute Gasteiger partial charge is 0.325 e.